The van der Waals surface area contributed by atoms with E-state index >= 15 is 0 Å². The molecule has 13 heavy (non-hydrogen) atoms. The lowest BCUT2D eigenvalue weighted by Gasteiger charge is -2.40. The highest BCUT2D eigenvalue weighted by Crippen LogP contribution is 2.29. The second-order valence-corrected chi connectivity index (χ2v) is 21.2. The van der Waals surface area contributed by atoms with Gasteiger partial charge in [0.25, 0.3) is 0 Å². The Morgan fingerprint density at radius 1 is 1.46 bits per heavy atom. The van der Waals surface area contributed by atoms with Crippen LogP contribution in [0.4, 0.5) is 0 Å². The van der Waals surface area contributed by atoms with Crippen molar-refractivity contribution in [3.8, 4) is 0 Å². The molecule has 1 aliphatic heterocycles. The summed E-state index contributed by atoms with van der Waals surface area (Å²) in [6.45, 7) is 15.2. The van der Waals surface area contributed by atoms with E-state index in [2.05, 4.69) is 43.8 Å². The summed E-state index contributed by atoms with van der Waals surface area (Å²) in [7, 11) is -2.50. The molecule has 0 amide bonds. The molecule has 0 aromatic rings. The lowest BCUT2D eigenvalue weighted by atomic mass is 10.5. The summed E-state index contributed by atoms with van der Waals surface area (Å²) in [6.07, 6.45) is 0. The second-order valence-electron chi connectivity index (χ2n) is 3.69. The molecule has 1 fully saturated rings. The van der Waals surface area contributed by atoms with Crippen LogP contribution >= 0.6 is 0 Å². The van der Waals surface area contributed by atoms with E-state index in [1.807, 2.05) is 0 Å². The smallest absolute Gasteiger partial charge is 0.150 e. The number of hydrogen-bond acceptors (Lipinski definition) is 1. The first-order chi connectivity index (χ1) is 6.21. The van der Waals surface area contributed by atoms with Crippen LogP contribution in [0.2, 0.25) is 5.54 Å². The molecule has 0 N–H and O–H groups in total. The zero-order valence-electron chi connectivity index (χ0n) is 8.33. The van der Waals surface area contributed by atoms with E-state index in [1.54, 1.807) is 0 Å². The third-order valence-electron chi connectivity index (χ3n) is 3.15. The van der Waals surface area contributed by atoms with Gasteiger partial charge >= 0.3 is 0 Å². The summed E-state index contributed by atoms with van der Waals surface area (Å²) >= 11 is 0. The van der Waals surface area contributed by atoms with Gasteiger partial charge in [0.15, 0.2) is 0 Å². The third kappa shape index (κ3) is 1.71. The van der Waals surface area contributed by atoms with Crippen molar-refractivity contribution in [1.29, 1.82) is 0 Å². The molecule has 1 aliphatic rings. The molecular formula is C9H18OSi3. The largest absolute Gasteiger partial charge is 0.427 e. The average molecular weight is 226 g/mol. The van der Waals surface area contributed by atoms with Crippen molar-refractivity contribution in [2.75, 3.05) is 6.61 Å². The minimum Gasteiger partial charge on any atom is -0.427 e. The molecule has 1 nitrogen and oxygen atoms in total. The molecule has 0 aliphatic carbocycles. The van der Waals surface area contributed by atoms with Gasteiger partial charge in [-0.05, 0) is 5.54 Å². The van der Waals surface area contributed by atoms with Gasteiger partial charge in [0, 0.05) is 6.61 Å². The van der Waals surface area contributed by atoms with Crippen LogP contribution in [0, 0.1) is 0 Å². The first-order valence-electron chi connectivity index (χ1n) is 4.68. The van der Waals surface area contributed by atoms with E-state index in [4.69, 9.17) is 4.43 Å². The normalized spacial score (nSPS) is 33.9. The molecule has 0 saturated carbocycles. The van der Waals surface area contributed by atoms with Gasteiger partial charge in [0.05, 0.1) is 15.4 Å². The van der Waals surface area contributed by atoms with Gasteiger partial charge in [-0.3, -0.25) is 0 Å². The van der Waals surface area contributed by atoms with E-state index in [-0.39, 0.29) is 9.28 Å². The van der Waals surface area contributed by atoms with Gasteiger partial charge in [-0.25, -0.2) is 0 Å². The molecule has 1 heterocycles. The fourth-order valence-electron chi connectivity index (χ4n) is 2.09. The summed E-state index contributed by atoms with van der Waals surface area (Å²) in [5, 5.41) is 0. The van der Waals surface area contributed by atoms with Gasteiger partial charge in [-0.15, -0.1) is 25.4 Å². The SMILES string of the molecule is C=C[SiH]1[SiH2]OCC(C)[Si]1(C=C)C=C. The molecule has 0 bridgehead atoms. The van der Waals surface area contributed by atoms with Crippen molar-refractivity contribution in [2.24, 2.45) is 0 Å². The summed E-state index contributed by atoms with van der Waals surface area (Å²) in [4.78, 5) is 0. The third-order valence-corrected chi connectivity index (χ3v) is 27.5. The number of hydrogen-bond donors (Lipinski definition) is 0. The fourth-order valence-corrected chi connectivity index (χ4v) is 24.9. The molecule has 1 rings (SSSR count). The Bertz CT molecular complexity index is 219. The van der Waals surface area contributed by atoms with Gasteiger partial charge in [-0.2, -0.15) is 0 Å². The Morgan fingerprint density at radius 3 is 2.46 bits per heavy atom. The average Bonchev–Trinajstić information content (AvgIpc) is 2.18. The van der Waals surface area contributed by atoms with E-state index in [0.717, 1.165) is 6.61 Å². The topological polar surface area (TPSA) is 9.23 Å². The van der Waals surface area contributed by atoms with Crippen molar-refractivity contribution in [1.82, 2.24) is 0 Å². The van der Waals surface area contributed by atoms with Crippen LogP contribution in [0.25, 0.3) is 0 Å². The van der Waals surface area contributed by atoms with Crippen LogP contribution in [0.5, 0.6) is 0 Å². The molecule has 0 spiro atoms. The summed E-state index contributed by atoms with van der Waals surface area (Å²) in [5.74, 6) is 0. The Labute approximate surface area is 85.3 Å². The highest BCUT2D eigenvalue weighted by atomic mass is 29.6. The maximum Gasteiger partial charge on any atom is 0.150 e. The van der Waals surface area contributed by atoms with Crippen molar-refractivity contribution in [2.45, 2.75) is 12.5 Å². The van der Waals surface area contributed by atoms with Crippen LogP contribution in [-0.4, -0.2) is 31.3 Å². The van der Waals surface area contributed by atoms with Crippen molar-refractivity contribution in [3.63, 3.8) is 0 Å². The van der Waals surface area contributed by atoms with E-state index < -0.39 is 15.4 Å². The molecule has 1 saturated heterocycles. The molecular weight excluding hydrogens is 208 g/mol. The van der Waals surface area contributed by atoms with E-state index in [1.165, 1.54) is 0 Å². The van der Waals surface area contributed by atoms with Crippen molar-refractivity contribution < 1.29 is 4.43 Å². The first-order valence-corrected chi connectivity index (χ1v) is 13.2. The van der Waals surface area contributed by atoms with E-state index in [0.29, 0.717) is 5.54 Å². The Kier molecular flexibility index (Phi) is 3.66. The quantitative estimate of drug-likeness (QED) is 0.650. The molecule has 2 atom stereocenters. The molecule has 72 valence electrons. The summed E-state index contributed by atoms with van der Waals surface area (Å²) in [5.41, 5.74) is 7.31. The summed E-state index contributed by atoms with van der Waals surface area (Å²) < 4.78 is 5.71. The fraction of sp³-hybridized carbons (Fsp3) is 0.333. The molecule has 0 aromatic heterocycles. The Morgan fingerprint density at radius 2 is 2.08 bits per heavy atom. The van der Waals surface area contributed by atoms with Crippen molar-refractivity contribution >= 4 is 24.7 Å². The monoisotopic (exact) mass is 226 g/mol. The van der Waals surface area contributed by atoms with Crippen LogP contribution in [0.1, 0.15) is 6.92 Å². The zero-order valence-corrected chi connectivity index (χ0v) is 11.9. The van der Waals surface area contributed by atoms with Crippen LogP contribution in [-0.2, 0) is 4.43 Å². The van der Waals surface area contributed by atoms with Crippen LogP contribution in [0.15, 0.2) is 36.8 Å². The van der Waals surface area contributed by atoms with Crippen molar-refractivity contribution in [3.05, 3.63) is 36.8 Å². The van der Waals surface area contributed by atoms with Gasteiger partial charge in [0.1, 0.15) is 9.28 Å². The van der Waals surface area contributed by atoms with Gasteiger partial charge in [0.2, 0.25) is 0 Å². The first kappa shape index (κ1) is 10.9. The second kappa shape index (κ2) is 4.36. The van der Waals surface area contributed by atoms with Crippen LogP contribution < -0.4 is 0 Å². The Hall–Kier alpha value is -0.169. The maximum absolute atomic E-state index is 5.71. The van der Waals surface area contributed by atoms with Crippen LogP contribution in [0.3, 0.4) is 0 Å². The maximum atomic E-state index is 5.71. The minimum atomic E-state index is -1.38. The zero-order chi connectivity index (χ0) is 9.90. The number of rotatable bonds is 3. The standard InChI is InChI=1S/C9H18OSi3/c1-5-12-11-10-8-9(4)13(12,6-2)7-3/h5-7,9,12H,1-3,8,11H2,4H3. The van der Waals surface area contributed by atoms with Gasteiger partial charge in [-0.1, -0.05) is 18.3 Å². The predicted molar refractivity (Wildman–Crippen MR) is 67.4 cm³/mol. The lowest BCUT2D eigenvalue weighted by molar-refractivity contribution is 0.338. The highest BCUT2D eigenvalue weighted by molar-refractivity contribution is 7.56. The molecule has 4 heteroatoms. The molecule has 0 aromatic carbocycles. The molecule has 2 unspecified atom stereocenters. The Balaban J connectivity index is 3.00. The summed E-state index contributed by atoms with van der Waals surface area (Å²) in [6, 6.07) is 0. The lowest BCUT2D eigenvalue weighted by Crippen LogP contribution is -2.59. The molecule has 0 radical (unpaired) electrons. The highest BCUT2D eigenvalue weighted by Gasteiger charge is 2.43. The van der Waals surface area contributed by atoms with E-state index in [9.17, 15) is 0 Å². The predicted octanol–water partition coefficient (Wildman–Crippen LogP) is 0.917. The minimum absolute atomic E-state index is 0.295. The van der Waals surface area contributed by atoms with Gasteiger partial charge < -0.3 is 4.43 Å².